The van der Waals surface area contributed by atoms with Crippen molar-refractivity contribution in [3.05, 3.63) is 74.9 Å². The monoisotopic (exact) mass is 546 g/mol. The summed E-state index contributed by atoms with van der Waals surface area (Å²) in [5, 5.41) is 0. The van der Waals surface area contributed by atoms with Gasteiger partial charge in [-0.25, -0.2) is 0 Å². The van der Waals surface area contributed by atoms with Crippen LogP contribution in [0.5, 0.6) is 0 Å². The first-order valence-corrected chi connectivity index (χ1v) is 13.5. The normalized spacial score (nSPS) is 19.2. The number of carbonyl (C=O) groups is 3. The van der Waals surface area contributed by atoms with E-state index in [1.54, 1.807) is 6.08 Å². The second-order valence-corrected chi connectivity index (χ2v) is 12.8. The molecule has 3 aromatic rings. The van der Waals surface area contributed by atoms with Crippen molar-refractivity contribution in [1.82, 2.24) is 14.8 Å². The second-order valence-electron chi connectivity index (χ2n) is 10.6. The molecule has 0 unspecified atom stereocenters. The quantitative estimate of drug-likeness (QED) is 0.259. The van der Waals surface area contributed by atoms with Gasteiger partial charge in [0.1, 0.15) is 0 Å². The number of imide groups is 2. The van der Waals surface area contributed by atoms with Crippen LogP contribution in [0.15, 0.2) is 48.2 Å². The number of hydrogen-bond acceptors (Lipinski definition) is 5. The zero-order chi connectivity index (χ0) is 25.7. The van der Waals surface area contributed by atoms with Gasteiger partial charge in [-0.05, 0) is 0 Å². The Morgan fingerprint density at radius 1 is 0.833 bits per heavy atom. The van der Waals surface area contributed by atoms with Crippen molar-refractivity contribution in [3.8, 4) is 0 Å². The van der Waals surface area contributed by atoms with Gasteiger partial charge in [-0.3, -0.25) is 0 Å². The maximum absolute atomic E-state index is 12.8. The summed E-state index contributed by atoms with van der Waals surface area (Å²) in [7, 11) is 2.80. The van der Waals surface area contributed by atoms with E-state index in [9.17, 15) is 14.4 Å². The van der Waals surface area contributed by atoms with Gasteiger partial charge in [0.2, 0.25) is 0 Å². The van der Waals surface area contributed by atoms with Crippen molar-refractivity contribution in [2.24, 2.45) is 0 Å². The van der Waals surface area contributed by atoms with E-state index in [4.69, 9.17) is 4.98 Å². The molecular formula is C28H26N4O3Se. The number of aromatic nitrogens is 1. The van der Waals surface area contributed by atoms with Crippen molar-refractivity contribution in [2.75, 3.05) is 19.0 Å². The number of rotatable bonds is 1. The molecule has 6 rings (SSSR count). The Morgan fingerprint density at radius 2 is 1.42 bits per heavy atom. The molecule has 5 heterocycles. The molecule has 1 fully saturated rings. The number of anilines is 3. The number of benzene rings is 1. The number of para-hydroxylation sites is 1. The Labute approximate surface area is 215 Å². The minimum absolute atomic E-state index is 0.0156. The molecule has 0 spiro atoms. The summed E-state index contributed by atoms with van der Waals surface area (Å²) >= 11 is -0.181. The molecular weight excluding hydrogens is 519 g/mol. The van der Waals surface area contributed by atoms with Gasteiger partial charge < -0.3 is 0 Å². The maximum atomic E-state index is 12.8. The van der Waals surface area contributed by atoms with E-state index < -0.39 is 17.8 Å². The molecule has 36 heavy (non-hydrogen) atoms. The van der Waals surface area contributed by atoms with E-state index in [1.165, 1.54) is 46.6 Å². The van der Waals surface area contributed by atoms with Crippen molar-refractivity contribution in [1.29, 1.82) is 0 Å². The Bertz CT molecular complexity index is 1520. The molecule has 3 aliphatic heterocycles. The van der Waals surface area contributed by atoms with Crippen LogP contribution in [0.3, 0.4) is 0 Å². The zero-order valence-corrected chi connectivity index (χ0v) is 22.8. The van der Waals surface area contributed by atoms with Crippen molar-refractivity contribution in [2.45, 2.75) is 38.5 Å². The second kappa shape index (κ2) is 7.28. The number of nitrogens with zero attached hydrogens (tertiary/aromatic N) is 4. The average Bonchev–Trinajstić information content (AvgIpc) is 3.29. The van der Waals surface area contributed by atoms with E-state index >= 15 is 0 Å². The summed E-state index contributed by atoms with van der Waals surface area (Å²) in [6, 6.07) is 12.2. The average molecular weight is 546 g/mol. The Hall–Kier alpha value is -3.48. The van der Waals surface area contributed by atoms with Crippen LogP contribution in [0.1, 0.15) is 54.4 Å². The number of amides is 4. The number of likely N-dealkylation sites (N-methyl/N-ethyl adjacent to an activating group) is 2. The van der Waals surface area contributed by atoms with Crippen LogP contribution in [0.25, 0.3) is 6.08 Å². The third kappa shape index (κ3) is 2.80. The summed E-state index contributed by atoms with van der Waals surface area (Å²) in [6.45, 7) is 8.96. The predicted octanol–water partition coefficient (Wildman–Crippen LogP) is 4.32. The Balaban J connectivity index is 1.59. The molecule has 0 radical (unpaired) electrons. The molecule has 1 aromatic carbocycles. The summed E-state index contributed by atoms with van der Waals surface area (Å²) in [5.74, 6) is -0.202. The number of pyridine rings is 1. The first-order chi connectivity index (χ1) is 17.0. The van der Waals surface area contributed by atoms with Gasteiger partial charge in [-0.15, -0.1) is 0 Å². The summed E-state index contributed by atoms with van der Waals surface area (Å²) in [6.07, 6.45) is 3.51. The molecule has 8 heteroatoms. The van der Waals surface area contributed by atoms with Crippen LogP contribution in [-0.4, -0.2) is 61.2 Å². The van der Waals surface area contributed by atoms with Crippen LogP contribution < -0.4 is 4.90 Å². The van der Waals surface area contributed by atoms with Gasteiger partial charge >= 0.3 is 216 Å². The predicted molar refractivity (Wildman–Crippen MR) is 139 cm³/mol. The van der Waals surface area contributed by atoms with Crippen molar-refractivity contribution < 1.29 is 14.4 Å². The van der Waals surface area contributed by atoms with Crippen molar-refractivity contribution >= 4 is 54.5 Å². The third-order valence-corrected chi connectivity index (χ3v) is 10.1. The molecule has 0 saturated carbocycles. The van der Waals surface area contributed by atoms with Gasteiger partial charge in [0, 0.05) is 0 Å². The number of barbiturate groups is 1. The first-order valence-electron chi connectivity index (χ1n) is 11.8. The van der Waals surface area contributed by atoms with E-state index in [1.807, 2.05) is 12.3 Å². The topological polar surface area (TPSA) is 73.8 Å². The van der Waals surface area contributed by atoms with E-state index in [2.05, 4.69) is 62.9 Å². The van der Waals surface area contributed by atoms with E-state index in [0.29, 0.717) is 0 Å². The molecule has 182 valence electrons. The molecule has 3 aliphatic rings. The zero-order valence-electron chi connectivity index (χ0n) is 21.0. The Kier molecular flexibility index (Phi) is 4.64. The van der Waals surface area contributed by atoms with Crippen LogP contribution >= 0.6 is 0 Å². The molecule has 7 nitrogen and oxygen atoms in total. The molecule has 0 aliphatic carbocycles. The standard InChI is InChI=1S/C28H26N4O3Se/c1-27(2)17-9-7-10-18-21(17)32(22-19(27)11-8-12-29-22)25-20(28(18,3)4)14-15(36-25)13-16-23(33)30(5)26(35)31(6)24(16)34/h7-14H,1-6H3. The first kappa shape index (κ1) is 23.0. The summed E-state index contributed by atoms with van der Waals surface area (Å²) in [5.41, 5.74) is 5.57. The van der Waals surface area contributed by atoms with Crippen LogP contribution in [0.2, 0.25) is 0 Å². The van der Waals surface area contributed by atoms with Crippen molar-refractivity contribution in [3.63, 3.8) is 0 Å². The number of hydrogen-bond donors (Lipinski definition) is 0. The Morgan fingerprint density at radius 3 is 2.06 bits per heavy atom. The summed E-state index contributed by atoms with van der Waals surface area (Å²) in [4.78, 5) is 47.0. The minimum atomic E-state index is -0.617. The van der Waals surface area contributed by atoms with Gasteiger partial charge in [-0.1, -0.05) is 0 Å². The number of urea groups is 1. The van der Waals surface area contributed by atoms with Crippen LogP contribution in [-0.2, 0) is 20.4 Å². The molecule has 4 amide bonds. The SMILES string of the molecule is CN1C(=O)C(=Cc2cc3c([se]2)N2c4ncccc4C(C)(C)c4cccc(c42)C3(C)C)C(=O)N(C)C1=O. The molecule has 0 atom stereocenters. The van der Waals surface area contributed by atoms with Crippen LogP contribution in [0.4, 0.5) is 20.9 Å². The molecule has 0 N–H and O–H groups in total. The van der Waals surface area contributed by atoms with E-state index in [0.717, 1.165) is 20.1 Å². The third-order valence-electron chi connectivity index (χ3n) is 7.82. The fourth-order valence-corrected chi connectivity index (χ4v) is 8.32. The number of carbonyl (C=O) groups excluding carboxylic acids is 3. The fourth-order valence-electron chi connectivity index (χ4n) is 5.65. The fraction of sp³-hybridized carbons (Fsp3) is 0.286. The molecule has 0 bridgehead atoms. The van der Waals surface area contributed by atoms with E-state index in [-0.39, 0.29) is 30.9 Å². The molecule has 2 aromatic heterocycles. The van der Waals surface area contributed by atoms with Gasteiger partial charge in [0.05, 0.1) is 0 Å². The summed E-state index contributed by atoms with van der Waals surface area (Å²) < 4.78 is 2.09. The van der Waals surface area contributed by atoms with Gasteiger partial charge in [0.25, 0.3) is 0 Å². The molecule has 1 saturated heterocycles. The van der Waals surface area contributed by atoms with Gasteiger partial charge in [-0.2, -0.15) is 0 Å². The number of fused-ring (bicyclic) bond motifs is 4. The van der Waals surface area contributed by atoms with Gasteiger partial charge in [0.15, 0.2) is 0 Å². The van der Waals surface area contributed by atoms with Crippen LogP contribution in [0, 0.1) is 0 Å².